The van der Waals surface area contributed by atoms with E-state index in [9.17, 15) is 18.0 Å². The lowest BCUT2D eigenvalue weighted by molar-refractivity contribution is -0.137. The van der Waals surface area contributed by atoms with E-state index in [-0.39, 0.29) is 5.56 Å². The molecule has 0 aliphatic rings. The first-order chi connectivity index (χ1) is 14.3. The number of alkyl halides is 3. The van der Waals surface area contributed by atoms with Crippen LogP contribution in [0.25, 0.3) is 28.7 Å². The molecule has 0 N–H and O–H groups in total. The van der Waals surface area contributed by atoms with Gasteiger partial charge >= 0.3 is 6.18 Å². The second kappa shape index (κ2) is 7.63. The number of aromatic nitrogens is 2. The van der Waals surface area contributed by atoms with Gasteiger partial charge < -0.3 is 0 Å². The molecule has 1 heterocycles. The molecule has 150 valence electrons. The fraction of sp³-hybridized carbons (Fsp3) is 0.0833. The van der Waals surface area contributed by atoms with Crippen molar-refractivity contribution in [2.45, 2.75) is 13.1 Å². The lowest BCUT2D eigenvalue weighted by Crippen LogP contribution is -2.22. The smallest absolute Gasteiger partial charge is 0.268 e. The molecule has 0 saturated carbocycles. The normalized spacial score (nSPS) is 12.0. The maximum Gasteiger partial charge on any atom is 0.416 e. The van der Waals surface area contributed by atoms with Gasteiger partial charge in [0.2, 0.25) is 0 Å². The van der Waals surface area contributed by atoms with Crippen LogP contribution in [0.15, 0.2) is 77.6 Å². The van der Waals surface area contributed by atoms with Gasteiger partial charge in [-0.1, -0.05) is 48.0 Å². The summed E-state index contributed by atoms with van der Waals surface area (Å²) in [6, 6.07) is 19.4. The Morgan fingerprint density at radius 1 is 0.900 bits per heavy atom. The number of para-hydroxylation sites is 1. The quantitative estimate of drug-likeness (QED) is 0.426. The minimum atomic E-state index is -4.42. The molecule has 0 aliphatic carbocycles. The Morgan fingerprint density at radius 3 is 2.37 bits per heavy atom. The van der Waals surface area contributed by atoms with Crippen LogP contribution in [0.5, 0.6) is 0 Å². The molecular formula is C24H17F3N2O. The summed E-state index contributed by atoms with van der Waals surface area (Å²) < 4.78 is 40.4. The molecule has 0 bridgehead atoms. The minimum Gasteiger partial charge on any atom is -0.268 e. The molecule has 6 heteroatoms. The standard InChI is InChI=1S/C24H17F3N2O/c1-16-9-12-19(13-10-16)29-22(28-21-8-3-2-7-20(21)23(29)30)14-11-17-5-4-6-18(15-17)24(25,26)27/h2-15H,1H3/b14-11+. The molecule has 3 nitrogen and oxygen atoms in total. The number of hydrogen-bond acceptors (Lipinski definition) is 2. The van der Waals surface area contributed by atoms with Crippen LogP contribution in [-0.4, -0.2) is 9.55 Å². The summed E-state index contributed by atoms with van der Waals surface area (Å²) in [5.41, 5.74) is 1.59. The number of aryl methyl sites for hydroxylation is 1. The molecule has 4 aromatic rings. The molecule has 0 radical (unpaired) electrons. The van der Waals surface area contributed by atoms with Crippen molar-refractivity contribution in [1.29, 1.82) is 0 Å². The molecular weight excluding hydrogens is 389 g/mol. The van der Waals surface area contributed by atoms with E-state index in [2.05, 4.69) is 4.98 Å². The summed E-state index contributed by atoms with van der Waals surface area (Å²) >= 11 is 0. The highest BCUT2D eigenvalue weighted by atomic mass is 19.4. The van der Waals surface area contributed by atoms with Crippen molar-refractivity contribution in [1.82, 2.24) is 9.55 Å². The predicted octanol–water partition coefficient (Wildman–Crippen LogP) is 5.88. The lowest BCUT2D eigenvalue weighted by atomic mass is 10.1. The van der Waals surface area contributed by atoms with Gasteiger partial charge in [-0.3, -0.25) is 9.36 Å². The summed E-state index contributed by atoms with van der Waals surface area (Å²) in [6.07, 6.45) is -1.34. The van der Waals surface area contributed by atoms with Crippen LogP contribution in [0.4, 0.5) is 13.2 Å². The first-order valence-corrected chi connectivity index (χ1v) is 9.27. The summed E-state index contributed by atoms with van der Waals surface area (Å²) in [5.74, 6) is 0.333. The van der Waals surface area contributed by atoms with Crippen LogP contribution in [-0.2, 0) is 6.18 Å². The highest BCUT2D eigenvalue weighted by molar-refractivity contribution is 5.80. The third kappa shape index (κ3) is 3.89. The Balaban J connectivity index is 1.88. The molecule has 3 aromatic carbocycles. The third-order valence-corrected chi connectivity index (χ3v) is 4.73. The zero-order valence-corrected chi connectivity index (χ0v) is 16.0. The molecule has 1 aromatic heterocycles. The van der Waals surface area contributed by atoms with Gasteiger partial charge in [0, 0.05) is 0 Å². The van der Waals surface area contributed by atoms with E-state index in [1.165, 1.54) is 16.7 Å². The molecule has 0 unspecified atom stereocenters. The molecule has 0 atom stereocenters. The Bertz CT molecular complexity index is 1300. The first kappa shape index (κ1) is 19.6. The van der Waals surface area contributed by atoms with Crippen LogP contribution >= 0.6 is 0 Å². The summed E-state index contributed by atoms with van der Waals surface area (Å²) in [5, 5.41) is 0.467. The molecule has 0 amide bonds. The third-order valence-electron chi connectivity index (χ3n) is 4.73. The summed E-state index contributed by atoms with van der Waals surface area (Å²) in [6.45, 7) is 1.94. The van der Waals surface area contributed by atoms with Gasteiger partial charge in [0.25, 0.3) is 5.56 Å². The molecule has 0 spiro atoms. The zero-order chi connectivity index (χ0) is 21.3. The van der Waals surface area contributed by atoms with Gasteiger partial charge in [-0.2, -0.15) is 13.2 Å². The monoisotopic (exact) mass is 406 g/mol. The second-order valence-corrected chi connectivity index (χ2v) is 6.92. The van der Waals surface area contributed by atoms with Crippen molar-refractivity contribution in [3.05, 3.63) is 106 Å². The Hall–Kier alpha value is -3.67. The average molecular weight is 406 g/mol. The van der Waals surface area contributed by atoms with E-state index in [1.807, 2.05) is 31.2 Å². The van der Waals surface area contributed by atoms with Gasteiger partial charge in [0.15, 0.2) is 0 Å². The predicted molar refractivity (Wildman–Crippen MR) is 112 cm³/mol. The molecule has 0 aliphatic heterocycles. The van der Waals surface area contributed by atoms with Gasteiger partial charge in [0.1, 0.15) is 5.82 Å². The number of fused-ring (bicyclic) bond motifs is 1. The maximum atomic E-state index is 13.2. The SMILES string of the molecule is Cc1ccc(-n2c(/C=C/c3cccc(C(F)(F)F)c3)nc3ccccc3c2=O)cc1. The van der Waals surface area contributed by atoms with Crippen molar-refractivity contribution < 1.29 is 13.2 Å². The number of hydrogen-bond donors (Lipinski definition) is 0. The number of halogens is 3. The van der Waals surface area contributed by atoms with E-state index < -0.39 is 11.7 Å². The van der Waals surface area contributed by atoms with E-state index >= 15 is 0 Å². The van der Waals surface area contributed by atoms with Crippen molar-refractivity contribution in [3.63, 3.8) is 0 Å². The molecule has 4 rings (SSSR count). The molecule has 0 fully saturated rings. The number of nitrogens with zero attached hydrogens (tertiary/aromatic N) is 2. The summed E-state index contributed by atoms with van der Waals surface area (Å²) in [7, 11) is 0. The van der Waals surface area contributed by atoms with Gasteiger partial charge in [-0.05, 0) is 55.0 Å². The Kier molecular flexibility index (Phi) is 4.99. The Morgan fingerprint density at radius 2 is 1.63 bits per heavy atom. The average Bonchev–Trinajstić information content (AvgIpc) is 2.73. The zero-order valence-electron chi connectivity index (χ0n) is 16.0. The second-order valence-electron chi connectivity index (χ2n) is 6.92. The fourth-order valence-corrected chi connectivity index (χ4v) is 3.19. The van der Waals surface area contributed by atoms with Crippen molar-refractivity contribution in [2.24, 2.45) is 0 Å². The van der Waals surface area contributed by atoms with Crippen LogP contribution in [0.3, 0.4) is 0 Å². The number of rotatable bonds is 3. The lowest BCUT2D eigenvalue weighted by Gasteiger charge is -2.12. The van der Waals surface area contributed by atoms with Gasteiger partial charge in [0.05, 0.1) is 22.2 Å². The van der Waals surface area contributed by atoms with E-state index in [4.69, 9.17) is 0 Å². The van der Waals surface area contributed by atoms with Crippen molar-refractivity contribution in [2.75, 3.05) is 0 Å². The van der Waals surface area contributed by atoms with Gasteiger partial charge in [-0.25, -0.2) is 4.98 Å². The van der Waals surface area contributed by atoms with Crippen LogP contribution in [0.1, 0.15) is 22.5 Å². The fourth-order valence-electron chi connectivity index (χ4n) is 3.19. The Labute approximate surface area is 170 Å². The summed E-state index contributed by atoms with van der Waals surface area (Å²) in [4.78, 5) is 17.7. The van der Waals surface area contributed by atoms with Gasteiger partial charge in [-0.15, -0.1) is 0 Å². The largest absolute Gasteiger partial charge is 0.416 e. The maximum absolute atomic E-state index is 13.2. The van der Waals surface area contributed by atoms with E-state index in [0.29, 0.717) is 28.0 Å². The molecule has 0 saturated heterocycles. The topological polar surface area (TPSA) is 34.9 Å². The first-order valence-electron chi connectivity index (χ1n) is 9.27. The highest BCUT2D eigenvalue weighted by Crippen LogP contribution is 2.30. The minimum absolute atomic E-state index is 0.242. The highest BCUT2D eigenvalue weighted by Gasteiger charge is 2.30. The number of benzene rings is 3. The van der Waals surface area contributed by atoms with Crippen molar-refractivity contribution in [3.8, 4) is 5.69 Å². The molecule has 30 heavy (non-hydrogen) atoms. The van der Waals surface area contributed by atoms with Crippen LogP contribution in [0.2, 0.25) is 0 Å². The van der Waals surface area contributed by atoms with E-state index in [1.54, 1.807) is 36.4 Å². The van der Waals surface area contributed by atoms with Crippen LogP contribution in [0, 0.1) is 6.92 Å². The van der Waals surface area contributed by atoms with Crippen molar-refractivity contribution >= 4 is 23.1 Å². The van der Waals surface area contributed by atoms with Crippen LogP contribution < -0.4 is 5.56 Å². The van der Waals surface area contributed by atoms with E-state index in [0.717, 1.165) is 17.7 Å².